The Balaban J connectivity index is 2.35. The van der Waals surface area contributed by atoms with Crippen LogP contribution in [0.3, 0.4) is 0 Å². The van der Waals surface area contributed by atoms with E-state index in [1.807, 2.05) is 0 Å². The van der Waals surface area contributed by atoms with Crippen molar-refractivity contribution >= 4 is 17.4 Å². The molecule has 2 rings (SSSR count). The molecule has 8 nitrogen and oxygen atoms in total. The summed E-state index contributed by atoms with van der Waals surface area (Å²) in [6, 6.07) is 4.42. The number of benzene rings is 1. The average molecular weight is 412 g/mol. The highest BCUT2D eigenvalue weighted by Gasteiger charge is 2.29. The fourth-order valence-electron chi connectivity index (χ4n) is 3.13. The Bertz CT molecular complexity index is 1080. The first-order valence-corrected chi connectivity index (χ1v) is 8.88. The van der Waals surface area contributed by atoms with Crippen molar-refractivity contribution in [1.29, 1.82) is 5.26 Å². The maximum Gasteiger partial charge on any atom is 0.293 e. The van der Waals surface area contributed by atoms with Crippen LogP contribution in [0.4, 0.5) is 10.1 Å². The number of terminal acetylenes is 1. The zero-order valence-electron chi connectivity index (χ0n) is 16.7. The van der Waals surface area contributed by atoms with E-state index in [9.17, 15) is 19.1 Å². The molecular weight excluding hydrogens is 391 g/mol. The Morgan fingerprint density at radius 1 is 1.37 bits per heavy atom. The molecule has 0 saturated heterocycles. The van der Waals surface area contributed by atoms with Crippen molar-refractivity contribution in [2.75, 3.05) is 11.9 Å². The molecule has 1 unspecified atom stereocenters. The standard InChI is InChI=1S/C21H21FN4O4/c1-5-14(10-27)24-21(30)19(28)17-11(2)18(26(4)12(17)3)20(29)25-15-6-7-16(22)13(8-15)9-23/h1,6-8,14,20,25,27,29H,10H2,2-4H3,(H,24,30)/t14-,20?/m1/s1. The molecule has 4 N–H and O–H groups in total. The van der Waals surface area contributed by atoms with Gasteiger partial charge < -0.3 is 25.4 Å². The number of nitriles is 1. The highest BCUT2D eigenvalue weighted by Crippen LogP contribution is 2.28. The Hall–Kier alpha value is -3.66. The van der Waals surface area contributed by atoms with Crippen LogP contribution >= 0.6 is 0 Å². The minimum absolute atomic E-state index is 0.0939. The molecule has 0 bridgehead atoms. The van der Waals surface area contributed by atoms with Gasteiger partial charge in [0.05, 0.1) is 23.4 Å². The van der Waals surface area contributed by atoms with E-state index in [1.165, 1.54) is 12.1 Å². The summed E-state index contributed by atoms with van der Waals surface area (Å²) >= 11 is 0. The highest BCUT2D eigenvalue weighted by atomic mass is 19.1. The molecule has 0 spiro atoms. The number of anilines is 1. The second-order valence-electron chi connectivity index (χ2n) is 6.59. The lowest BCUT2D eigenvalue weighted by Crippen LogP contribution is -2.40. The van der Waals surface area contributed by atoms with Crippen LogP contribution < -0.4 is 10.6 Å². The Kier molecular flexibility index (Phi) is 6.96. The van der Waals surface area contributed by atoms with Crippen LogP contribution in [0, 0.1) is 43.3 Å². The number of carbonyl (C=O) groups is 2. The van der Waals surface area contributed by atoms with Crippen LogP contribution in [0.2, 0.25) is 0 Å². The lowest BCUT2D eigenvalue weighted by atomic mass is 10.0. The molecule has 2 atom stereocenters. The summed E-state index contributed by atoms with van der Waals surface area (Å²) in [5.41, 5.74) is 1.30. The van der Waals surface area contributed by atoms with Crippen LogP contribution in [0.5, 0.6) is 0 Å². The molecule has 0 aliphatic heterocycles. The SMILES string of the molecule is C#C[C@H](CO)NC(=O)C(=O)c1c(C)c(C(O)Nc2ccc(F)c(C#N)c2)n(C)c1C. The zero-order chi connectivity index (χ0) is 22.6. The van der Waals surface area contributed by atoms with E-state index >= 15 is 0 Å². The summed E-state index contributed by atoms with van der Waals surface area (Å²) in [5.74, 6) is -0.367. The number of amides is 1. The van der Waals surface area contributed by atoms with Gasteiger partial charge in [-0.2, -0.15) is 5.26 Å². The number of aliphatic hydroxyl groups excluding tert-OH is 2. The predicted molar refractivity (Wildman–Crippen MR) is 107 cm³/mol. The third-order valence-corrected chi connectivity index (χ3v) is 4.76. The van der Waals surface area contributed by atoms with Crippen molar-refractivity contribution < 1.29 is 24.2 Å². The Labute approximate surface area is 172 Å². The third kappa shape index (κ3) is 4.33. The lowest BCUT2D eigenvalue weighted by Gasteiger charge is -2.17. The summed E-state index contributed by atoms with van der Waals surface area (Å²) in [6.07, 6.45) is 3.86. The first-order chi connectivity index (χ1) is 14.2. The van der Waals surface area contributed by atoms with Crippen molar-refractivity contribution in [3.63, 3.8) is 0 Å². The number of hydrogen-bond acceptors (Lipinski definition) is 6. The number of aliphatic hydroxyl groups is 2. The number of Topliss-reactive ketones (excluding diaryl/α,β-unsaturated/α-hetero) is 1. The van der Waals surface area contributed by atoms with E-state index in [4.69, 9.17) is 16.8 Å². The fraction of sp³-hybridized carbons (Fsp3) is 0.286. The third-order valence-electron chi connectivity index (χ3n) is 4.76. The predicted octanol–water partition coefficient (Wildman–Crippen LogP) is 1.05. The van der Waals surface area contributed by atoms with E-state index in [-0.39, 0.29) is 11.1 Å². The summed E-state index contributed by atoms with van der Waals surface area (Å²) < 4.78 is 15.0. The van der Waals surface area contributed by atoms with E-state index < -0.39 is 36.4 Å². The van der Waals surface area contributed by atoms with Crippen LogP contribution in [0.25, 0.3) is 0 Å². The molecule has 9 heteroatoms. The van der Waals surface area contributed by atoms with Gasteiger partial charge in [-0.05, 0) is 37.6 Å². The van der Waals surface area contributed by atoms with E-state index in [1.54, 1.807) is 31.5 Å². The van der Waals surface area contributed by atoms with Gasteiger partial charge in [-0.3, -0.25) is 9.59 Å². The highest BCUT2D eigenvalue weighted by molar-refractivity contribution is 6.43. The fourth-order valence-corrected chi connectivity index (χ4v) is 3.13. The molecule has 1 amide bonds. The quantitative estimate of drug-likeness (QED) is 0.233. The van der Waals surface area contributed by atoms with Gasteiger partial charge >= 0.3 is 0 Å². The van der Waals surface area contributed by atoms with Crippen molar-refractivity contribution in [3.8, 4) is 18.4 Å². The number of halogens is 1. The molecule has 1 aromatic heterocycles. The first-order valence-electron chi connectivity index (χ1n) is 8.88. The molecule has 30 heavy (non-hydrogen) atoms. The van der Waals surface area contributed by atoms with Crippen molar-refractivity contribution in [1.82, 2.24) is 9.88 Å². The minimum atomic E-state index is -1.31. The molecule has 0 aliphatic carbocycles. The molecule has 156 valence electrons. The second-order valence-corrected chi connectivity index (χ2v) is 6.59. The van der Waals surface area contributed by atoms with Crippen molar-refractivity contribution in [2.24, 2.45) is 7.05 Å². The van der Waals surface area contributed by atoms with Crippen molar-refractivity contribution in [2.45, 2.75) is 26.1 Å². The molecule has 0 aliphatic rings. The van der Waals surface area contributed by atoms with Gasteiger partial charge in [0.25, 0.3) is 11.7 Å². The Morgan fingerprint density at radius 3 is 2.60 bits per heavy atom. The number of nitrogens with one attached hydrogen (secondary N) is 2. The van der Waals surface area contributed by atoms with E-state index in [2.05, 4.69) is 16.6 Å². The average Bonchev–Trinajstić information content (AvgIpc) is 2.95. The summed E-state index contributed by atoms with van der Waals surface area (Å²) in [6.45, 7) is 2.67. The lowest BCUT2D eigenvalue weighted by molar-refractivity contribution is -0.117. The molecule has 1 heterocycles. The number of hydrogen-bond donors (Lipinski definition) is 4. The molecular formula is C21H21FN4O4. The largest absolute Gasteiger partial charge is 0.393 e. The topological polar surface area (TPSA) is 127 Å². The van der Waals surface area contributed by atoms with E-state index in [0.29, 0.717) is 22.6 Å². The van der Waals surface area contributed by atoms with Crippen LogP contribution in [-0.2, 0) is 11.8 Å². The number of aromatic nitrogens is 1. The maximum atomic E-state index is 13.5. The van der Waals surface area contributed by atoms with Crippen LogP contribution in [-0.4, -0.2) is 39.1 Å². The van der Waals surface area contributed by atoms with Gasteiger partial charge in [-0.15, -0.1) is 6.42 Å². The molecule has 0 radical (unpaired) electrons. The van der Waals surface area contributed by atoms with Crippen LogP contribution in [0.15, 0.2) is 18.2 Å². The van der Waals surface area contributed by atoms with Gasteiger partial charge in [-0.1, -0.05) is 5.92 Å². The van der Waals surface area contributed by atoms with Crippen LogP contribution in [0.1, 0.15) is 39.1 Å². The molecule has 1 aromatic carbocycles. The van der Waals surface area contributed by atoms with Gasteiger partial charge in [0.2, 0.25) is 0 Å². The smallest absolute Gasteiger partial charge is 0.293 e. The zero-order valence-corrected chi connectivity index (χ0v) is 16.7. The van der Waals surface area contributed by atoms with Gasteiger partial charge in [-0.25, -0.2) is 4.39 Å². The number of nitrogens with zero attached hydrogens (tertiary/aromatic N) is 2. The molecule has 0 fully saturated rings. The van der Waals surface area contributed by atoms with E-state index in [0.717, 1.165) is 6.07 Å². The van der Waals surface area contributed by atoms with Gasteiger partial charge in [0, 0.05) is 18.4 Å². The Morgan fingerprint density at radius 2 is 2.03 bits per heavy atom. The maximum absolute atomic E-state index is 13.5. The number of carbonyl (C=O) groups excluding carboxylic acids is 2. The molecule has 0 saturated carbocycles. The normalized spacial score (nSPS) is 12.4. The van der Waals surface area contributed by atoms with Gasteiger partial charge in [0.15, 0.2) is 6.23 Å². The van der Waals surface area contributed by atoms with Gasteiger partial charge in [0.1, 0.15) is 17.9 Å². The summed E-state index contributed by atoms with van der Waals surface area (Å²) in [5, 5.41) is 33.7. The summed E-state index contributed by atoms with van der Waals surface area (Å²) in [7, 11) is 1.61. The second kappa shape index (κ2) is 9.23. The minimum Gasteiger partial charge on any atom is -0.393 e. The summed E-state index contributed by atoms with van der Waals surface area (Å²) in [4.78, 5) is 24.9. The number of ketones is 1. The first kappa shape index (κ1) is 22.6. The molecule has 2 aromatic rings. The number of rotatable bonds is 7. The van der Waals surface area contributed by atoms with Crippen molar-refractivity contribution in [3.05, 3.63) is 52.1 Å². The monoisotopic (exact) mass is 412 g/mol.